The van der Waals surface area contributed by atoms with Crippen LogP contribution in [0.15, 0.2) is 48.5 Å². The monoisotopic (exact) mass is 329 g/mol. The van der Waals surface area contributed by atoms with Gasteiger partial charge in [0.25, 0.3) is 0 Å². The van der Waals surface area contributed by atoms with Crippen LogP contribution in [0.1, 0.15) is 5.56 Å². The molecule has 24 heavy (non-hydrogen) atoms. The van der Waals surface area contributed by atoms with Crippen molar-refractivity contribution in [2.24, 2.45) is 0 Å². The Labute approximate surface area is 140 Å². The predicted octanol–water partition coefficient (Wildman–Crippen LogP) is 2.88. The van der Waals surface area contributed by atoms with Gasteiger partial charge >= 0.3 is 6.03 Å². The van der Waals surface area contributed by atoms with Crippen LogP contribution < -0.4 is 5.32 Å². The fourth-order valence-electron chi connectivity index (χ4n) is 2.78. The molecule has 2 amide bonds. The number of urea groups is 1. The number of piperazine rings is 1. The third kappa shape index (κ3) is 4.02. The number of phenolic OH excluding ortho intramolecular Hbond substituents is 1. The molecule has 0 radical (unpaired) electrons. The molecule has 2 N–H and O–H groups in total. The zero-order valence-electron chi connectivity index (χ0n) is 13.3. The summed E-state index contributed by atoms with van der Waals surface area (Å²) in [7, 11) is 0. The highest BCUT2D eigenvalue weighted by Gasteiger charge is 2.21. The number of benzene rings is 2. The van der Waals surface area contributed by atoms with E-state index in [1.165, 1.54) is 6.07 Å². The number of phenols is 1. The van der Waals surface area contributed by atoms with Crippen molar-refractivity contribution in [3.63, 3.8) is 0 Å². The van der Waals surface area contributed by atoms with E-state index in [2.05, 4.69) is 10.2 Å². The molecule has 0 atom stereocenters. The minimum absolute atomic E-state index is 0.199. The van der Waals surface area contributed by atoms with E-state index in [9.17, 15) is 14.3 Å². The topological polar surface area (TPSA) is 55.8 Å². The van der Waals surface area contributed by atoms with Crippen LogP contribution in [0, 0.1) is 5.82 Å². The second-order valence-corrected chi connectivity index (χ2v) is 5.84. The first-order valence-electron chi connectivity index (χ1n) is 7.92. The van der Waals surface area contributed by atoms with E-state index in [0.717, 1.165) is 25.2 Å². The Hall–Kier alpha value is -2.60. The highest BCUT2D eigenvalue weighted by Crippen LogP contribution is 2.16. The van der Waals surface area contributed by atoms with Gasteiger partial charge in [0.1, 0.15) is 11.6 Å². The third-order valence-corrected chi connectivity index (χ3v) is 4.09. The molecule has 5 nitrogen and oxygen atoms in total. The molecule has 0 aromatic heterocycles. The smallest absolute Gasteiger partial charge is 0.322 e. The number of halogens is 1. The SMILES string of the molecule is O=C(Nc1ccccc1F)N1CCN(Cc2cccc(O)c2)CC1. The predicted molar refractivity (Wildman–Crippen MR) is 90.4 cm³/mol. The Kier molecular flexibility index (Phi) is 4.96. The summed E-state index contributed by atoms with van der Waals surface area (Å²) in [4.78, 5) is 16.1. The number of para-hydroxylation sites is 1. The lowest BCUT2D eigenvalue weighted by molar-refractivity contribution is 0.143. The number of carbonyl (C=O) groups excluding carboxylic acids is 1. The van der Waals surface area contributed by atoms with E-state index >= 15 is 0 Å². The molecule has 3 rings (SSSR count). The Morgan fingerprint density at radius 2 is 1.83 bits per heavy atom. The summed E-state index contributed by atoms with van der Waals surface area (Å²) in [5.74, 6) is -0.177. The number of rotatable bonds is 3. The minimum atomic E-state index is -0.437. The van der Waals surface area contributed by atoms with Crippen molar-refractivity contribution in [1.29, 1.82) is 0 Å². The maximum Gasteiger partial charge on any atom is 0.322 e. The zero-order chi connectivity index (χ0) is 16.9. The van der Waals surface area contributed by atoms with E-state index in [1.54, 1.807) is 35.2 Å². The Balaban J connectivity index is 1.51. The normalized spacial score (nSPS) is 15.3. The molecule has 0 aliphatic carbocycles. The Morgan fingerprint density at radius 3 is 2.54 bits per heavy atom. The van der Waals surface area contributed by atoms with Crippen molar-refractivity contribution < 1.29 is 14.3 Å². The molecular formula is C18H20FN3O2. The lowest BCUT2D eigenvalue weighted by atomic mass is 10.2. The first-order chi connectivity index (χ1) is 11.6. The lowest BCUT2D eigenvalue weighted by Gasteiger charge is -2.34. The summed E-state index contributed by atoms with van der Waals surface area (Å²) < 4.78 is 13.6. The second kappa shape index (κ2) is 7.31. The van der Waals surface area contributed by atoms with Crippen molar-refractivity contribution in [2.45, 2.75) is 6.54 Å². The number of amides is 2. The fourth-order valence-corrected chi connectivity index (χ4v) is 2.78. The molecule has 1 fully saturated rings. The van der Waals surface area contributed by atoms with Gasteiger partial charge in [0.05, 0.1) is 5.69 Å². The van der Waals surface area contributed by atoms with Crippen LogP contribution in [0.5, 0.6) is 5.75 Å². The van der Waals surface area contributed by atoms with Crippen LogP contribution in [0.3, 0.4) is 0 Å². The van der Waals surface area contributed by atoms with Gasteiger partial charge in [0, 0.05) is 32.7 Å². The number of anilines is 1. The largest absolute Gasteiger partial charge is 0.508 e. The van der Waals surface area contributed by atoms with Gasteiger partial charge in [-0.3, -0.25) is 4.90 Å². The highest BCUT2D eigenvalue weighted by atomic mass is 19.1. The van der Waals surface area contributed by atoms with Crippen LogP contribution in [-0.4, -0.2) is 47.1 Å². The molecule has 0 unspecified atom stereocenters. The van der Waals surface area contributed by atoms with Crippen LogP contribution in [-0.2, 0) is 6.54 Å². The van der Waals surface area contributed by atoms with E-state index < -0.39 is 5.82 Å². The molecule has 1 aliphatic rings. The van der Waals surface area contributed by atoms with Crippen LogP contribution >= 0.6 is 0 Å². The van der Waals surface area contributed by atoms with Gasteiger partial charge in [0.2, 0.25) is 0 Å². The molecule has 0 saturated carbocycles. The zero-order valence-corrected chi connectivity index (χ0v) is 13.3. The average molecular weight is 329 g/mol. The van der Waals surface area contributed by atoms with E-state index in [1.807, 2.05) is 12.1 Å². The Bertz CT molecular complexity index is 715. The number of hydrogen-bond acceptors (Lipinski definition) is 3. The number of aromatic hydroxyl groups is 1. The van der Waals surface area contributed by atoms with E-state index in [-0.39, 0.29) is 17.5 Å². The summed E-state index contributed by atoms with van der Waals surface area (Å²) in [6, 6.07) is 13.0. The van der Waals surface area contributed by atoms with Gasteiger partial charge < -0.3 is 15.3 Å². The molecule has 126 valence electrons. The van der Waals surface area contributed by atoms with Crippen molar-refractivity contribution >= 4 is 11.7 Å². The van der Waals surface area contributed by atoms with Crippen LogP contribution in [0.2, 0.25) is 0 Å². The van der Waals surface area contributed by atoms with E-state index in [4.69, 9.17) is 0 Å². The molecule has 2 aromatic carbocycles. The fraction of sp³-hybridized carbons (Fsp3) is 0.278. The highest BCUT2D eigenvalue weighted by molar-refractivity contribution is 5.89. The summed E-state index contributed by atoms with van der Waals surface area (Å²) in [5, 5.41) is 12.1. The molecule has 1 heterocycles. The summed E-state index contributed by atoms with van der Waals surface area (Å²) >= 11 is 0. The third-order valence-electron chi connectivity index (χ3n) is 4.09. The summed E-state index contributed by atoms with van der Waals surface area (Å²) in [5.41, 5.74) is 1.24. The molecule has 0 spiro atoms. The maximum absolute atomic E-state index is 13.6. The van der Waals surface area contributed by atoms with Crippen molar-refractivity contribution in [2.75, 3.05) is 31.5 Å². The van der Waals surface area contributed by atoms with Gasteiger partial charge in [-0.2, -0.15) is 0 Å². The molecule has 1 saturated heterocycles. The standard InChI is InChI=1S/C18H20FN3O2/c19-16-6-1-2-7-17(16)20-18(24)22-10-8-21(9-11-22)13-14-4-3-5-15(23)12-14/h1-7,12,23H,8-11,13H2,(H,20,24). The van der Waals surface area contributed by atoms with Gasteiger partial charge in [-0.05, 0) is 29.8 Å². The summed E-state index contributed by atoms with van der Waals surface area (Å²) in [6.45, 7) is 3.37. The maximum atomic E-state index is 13.6. The van der Waals surface area contributed by atoms with Crippen LogP contribution in [0.25, 0.3) is 0 Å². The van der Waals surface area contributed by atoms with Gasteiger partial charge in [-0.25, -0.2) is 9.18 Å². The van der Waals surface area contributed by atoms with Crippen molar-refractivity contribution in [3.05, 3.63) is 59.9 Å². The molecule has 2 aromatic rings. The van der Waals surface area contributed by atoms with Gasteiger partial charge in [0.15, 0.2) is 0 Å². The average Bonchev–Trinajstić information content (AvgIpc) is 2.57. The quantitative estimate of drug-likeness (QED) is 0.910. The molecule has 0 bridgehead atoms. The second-order valence-electron chi connectivity index (χ2n) is 5.84. The lowest BCUT2D eigenvalue weighted by Crippen LogP contribution is -2.49. The van der Waals surface area contributed by atoms with Gasteiger partial charge in [-0.15, -0.1) is 0 Å². The molecule has 1 aliphatic heterocycles. The Morgan fingerprint density at radius 1 is 1.08 bits per heavy atom. The first kappa shape index (κ1) is 16.3. The van der Waals surface area contributed by atoms with Crippen LogP contribution in [0.4, 0.5) is 14.9 Å². The van der Waals surface area contributed by atoms with E-state index in [0.29, 0.717) is 13.1 Å². The number of nitrogens with one attached hydrogen (secondary N) is 1. The first-order valence-corrected chi connectivity index (χ1v) is 7.92. The molecular weight excluding hydrogens is 309 g/mol. The van der Waals surface area contributed by atoms with Crippen molar-refractivity contribution in [3.8, 4) is 5.75 Å². The number of hydrogen-bond donors (Lipinski definition) is 2. The number of nitrogens with zero attached hydrogens (tertiary/aromatic N) is 2. The minimum Gasteiger partial charge on any atom is -0.508 e. The van der Waals surface area contributed by atoms with Gasteiger partial charge in [-0.1, -0.05) is 24.3 Å². The van der Waals surface area contributed by atoms with Crippen molar-refractivity contribution in [1.82, 2.24) is 9.80 Å². The molecule has 6 heteroatoms. The summed E-state index contributed by atoms with van der Waals surface area (Å²) in [6.07, 6.45) is 0. The number of carbonyl (C=O) groups is 1.